The van der Waals surface area contributed by atoms with Crippen molar-refractivity contribution in [1.82, 2.24) is 0 Å². The summed E-state index contributed by atoms with van der Waals surface area (Å²) in [5, 5.41) is 0. The number of nitrogens with two attached hydrogens (primary N) is 2. The van der Waals surface area contributed by atoms with E-state index >= 15 is 0 Å². The monoisotopic (exact) mass is 324 g/mol. The van der Waals surface area contributed by atoms with E-state index in [0.29, 0.717) is 0 Å². The molecule has 0 aliphatic carbocycles. The Morgan fingerprint density at radius 3 is 2.09 bits per heavy atom. The molecule has 0 saturated heterocycles. The molecule has 0 fully saturated rings. The number of primary amides is 1. The van der Waals surface area contributed by atoms with Crippen LogP contribution in [0.2, 0.25) is 0 Å². The summed E-state index contributed by atoms with van der Waals surface area (Å²) < 4.78 is 4.63. The Balaban J connectivity index is -0.00000200. The number of amides is 1. The van der Waals surface area contributed by atoms with Gasteiger partial charge in [-0.3, -0.25) is 9.59 Å². The molecule has 0 aliphatic heterocycles. The minimum atomic E-state index is -0.976. The predicted molar refractivity (Wildman–Crippen MR) is 81.2 cm³/mol. The van der Waals surface area contributed by atoms with Crippen molar-refractivity contribution in [3.05, 3.63) is 0 Å². The second-order valence-corrected chi connectivity index (χ2v) is 5.28. The van der Waals surface area contributed by atoms with Crippen LogP contribution in [0.25, 0.3) is 0 Å². The van der Waals surface area contributed by atoms with E-state index in [4.69, 9.17) is 11.5 Å². The van der Waals surface area contributed by atoms with Crippen LogP contribution in [0, 0.1) is 0 Å². The van der Waals surface area contributed by atoms with Crippen molar-refractivity contribution in [2.75, 3.05) is 0 Å². The number of hydrogen-bond donors (Lipinski definition) is 2. The van der Waals surface area contributed by atoms with E-state index in [1.165, 1.54) is 25.7 Å². The van der Waals surface area contributed by atoms with Crippen LogP contribution in [-0.2, 0) is 19.1 Å². The number of carbonyl (C=O) groups excluding carboxylic acids is 3. The molecule has 0 spiro atoms. The van der Waals surface area contributed by atoms with E-state index in [1.807, 2.05) is 0 Å². The summed E-state index contributed by atoms with van der Waals surface area (Å²) in [6.45, 7) is 2.17. The van der Waals surface area contributed by atoms with Crippen molar-refractivity contribution in [1.29, 1.82) is 0 Å². The third-order valence-electron chi connectivity index (χ3n) is 3.20. The van der Waals surface area contributed by atoms with Gasteiger partial charge in [0.2, 0.25) is 5.91 Å². The van der Waals surface area contributed by atoms with Crippen molar-refractivity contribution in [2.45, 2.75) is 77.2 Å². The zero-order chi connectivity index (χ0) is 16.1. The molecular formula is C15H29N2NaO4. The molecule has 0 unspecified atom stereocenters. The maximum atomic E-state index is 11.5. The molecule has 0 aliphatic rings. The van der Waals surface area contributed by atoms with Gasteiger partial charge in [-0.15, -0.1) is 0 Å². The molecule has 1 atom stereocenters. The molecular weight excluding hydrogens is 295 g/mol. The zero-order valence-electron chi connectivity index (χ0n) is 14.9. The van der Waals surface area contributed by atoms with Crippen LogP contribution < -0.4 is 41.0 Å². The summed E-state index contributed by atoms with van der Waals surface area (Å²) in [6, 6.07) is -0.976. The quantitative estimate of drug-likeness (QED) is 0.205. The molecule has 4 N–H and O–H groups in total. The maximum absolute atomic E-state index is 11.5. The van der Waals surface area contributed by atoms with Crippen LogP contribution in [0.4, 0.5) is 0 Å². The van der Waals surface area contributed by atoms with Gasteiger partial charge in [-0.2, -0.15) is 0 Å². The Morgan fingerprint density at radius 2 is 1.55 bits per heavy atom. The van der Waals surface area contributed by atoms with Crippen molar-refractivity contribution in [2.24, 2.45) is 11.5 Å². The van der Waals surface area contributed by atoms with E-state index in [9.17, 15) is 14.4 Å². The molecule has 124 valence electrons. The van der Waals surface area contributed by atoms with Crippen LogP contribution in [0.3, 0.4) is 0 Å². The second kappa shape index (κ2) is 15.5. The number of rotatable bonds is 12. The van der Waals surface area contributed by atoms with E-state index < -0.39 is 23.9 Å². The summed E-state index contributed by atoms with van der Waals surface area (Å²) in [7, 11) is 0. The fourth-order valence-corrected chi connectivity index (χ4v) is 1.88. The summed E-state index contributed by atoms with van der Waals surface area (Å²) >= 11 is 0. The van der Waals surface area contributed by atoms with Gasteiger partial charge >= 0.3 is 41.5 Å². The molecule has 0 aromatic rings. The molecule has 0 rings (SSSR count). The molecule has 7 heteroatoms. The Kier molecular flexibility index (Phi) is 16.8. The molecule has 22 heavy (non-hydrogen) atoms. The van der Waals surface area contributed by atoms with Gasteiger partial charge in [0, 0.05) is 12.8 Å². The first-order valence-electron chi connectivity index (χ1n) is 7.75. The smallest absolute Gasteiger partial charge is 1.00 e. The average Bonchev–Trinajstić information content (AvgIpc) is 2.43. The first-order valence-corrected chi connectivity index (χ1v) is 7.75. The SMILES string of the molecule is CCCCCCCCCC(=O)OC(=O)[C@@H](N)CCC(N)=O.[H-].[Na+]. The van der Waals surface area contributed by atoms with E-state index in [1.54, 1.807) is 0 Å². The minimum Gasteiger partial charge on any atom is -1.00 e. The molecule has 6 nitrogen and oxygen atoms in total. The Bertz CT molecular complexity index is 343. The third-order valence-corrected chi connectivity index (χ3v) is 3.20. The fourth-order valence-electron chi connectivity index (χ4n) is 1.88. The first-order chi connectivity index (χ1) is 9.97. The van der Waals surface area contributed by atoms with Crippen LogP contribution in [0.5, 0.6) is 0 Å². The number of hydrogen-bond acceptors (Lipinski definition) is 5. The molecule has 0 aromatic heterocycles. The van der Waals surface area contributed by atoms with Crippen LogP contribution >= 0.6 is 0 Å². The van der Waals surface area contributed by atoms with Gasteiger partial charge in [0.1, 0.15) is 6.04 Å². The maximum Gasteiger partial charge on any atom is 1.00 e. The normalized spacial score (nSPS) is 11.4. The summed E-state index contributed by atoms with van der Waals surface area (Å²) in [4.78, 5) is 33.5. The fraction of sp³-hybridized carbons (Fsp3) is 0.800. The number of esters is 2. The van der Waals surface area contributed by atoms with Gasteiger partial charge < -0.3 is 17.6 Å². The Morgan fingerprint density at radius 1 is 1.00 bits per heavy atom. The van der Waals surface area contributed by atoms with Gasteiger partial charge in [0.25, 0.3) is 0 Å². The molecule has 0 saturated carbocycles. The van der Waals surface area contributed by atoms with E-state index in [2.05, 4.69) is 11.7 Å². The number of unbranched alkanes of at least 4 members (excludes halogenated alkanes) is 6. The van der Waals surface area contributed by atoms with Gasteiger partial charge in [-0.25, -0.2) is 4.79 Å². The standard InChI is InChI=1S/C15H28N2O4.Na.H/c1-2-3-4-5-6-7-8-9-14(19)21-15(20)12(16)10-11-13(17)18;;/h12H,2-11,16H2,1H3,(H2,17,18);;/q;+1;-1/t12-;;/m0../s1. The van der Waals surface area contributed by atoms with Gasteiger partial charge in [0.05, 0.1) is 0 Å². The van der Waals surface area contributed by atoms with Gasteiger partial charge in [-0.1, -0.05) is 45.4 Å². The topological polar surface area (TPSA) is 112 Å². The largest absolute Gasteiger partial charge is 1.00 e. The van der Waals surface area contributed by atoms with Crippen molar-refractivity contribution in [3.8, 4) is 0 Å². The third kappa shape index (κ3) is 14.5. The van der Waals surface area contributed by atoms with E-state index in [0.717, 1.165) is 19.3 Å². The van der Waals surface area contributed by atoms with Crippen molar-refractivity contribution >= 4 is 17.8 Å². The van der Waals surface area contributed by atoms with Gasteiger partial charge in [-0.05, 0) is 12.8 Å². The molecule has 0 radical (unpaired) electrons. The Labute approximate surface area is 156 Å². The first kappa shape index (κ1) is 23.8. The number of ether oxygens (including phenoxy) is 1. The van der Waals surface area contributed by atoms with E-state index in [-0.39, 0.29) is 50.2 Å². The molecule has 0 bridgehead atoms. The summed E-state index contributed by atoms with van der Waals surface area (Å²) in [5.74, 6) is -1.88. The second-order valence-electron chi connectivity index (χ2n) is 5.28. The molecule has 0 aromatic carbocycles. The van der Waals surface area contributed by atoms with Crippen molar-refractivity contribution < 1.29 is 50.1 Å². The minimum absolute atomic E-state index is 0. The van der Waals surface area contributed by atoms with Crippen LogP contribution in [0.1, 0.15) is 72.6 Å². The summed E-state index contributed by atoms with van der Waals surface area (Å²) in [5.41, 5.74) is 10.5. The zero-order valence-corrected chi connectivity index (χ0v) is 15.9. The molecule has 0 heterocycles. The molecule has 1 amide bonds. The van der Waals surface area contributed by atoms with Crippen molar-refractivity contribution in [3.63, 3.8) is 0 Å². The predicted octanol–water partition coefficient (Wildman–Crippen LogP) is -1.09. The van der Waals surface area contributed by atoms with Crippen LogP contribution in [0.15, 0.2) is 0 Å². The number of carbonyl (C=O) groups is 3. The van der Waals surface area contributed by atoms with Gasteiger partial charge in [0.15, 0.2) is 0 Å². The Hall–Kier alpha value is -0.430. The summed E-state index contributed by atoms with van der Waals surface area (Å²) in [6.07, 6.45) is 7.97. The average molecular weight is 324 g/mol. The van der Waals surface area contributed by atoms with Crippen LogP contribution in [-0.4, -0.2) is 23.9 Å².